The van der Waals surface area contributed by atoms with Crippen molar-refractivity contribution in [2.24, 2.45) is 0 Å². The fourth-order valence-corrected chi connectivity index (χ4v) is 2.86. The zero-order valence-corrected chi connectivity index (χ0v) is 8.30. The van der Waals surface area contributed by atoms with Crippen LogP contribution in [0.15, 0.2) is 48.5 Å². The third-order valence-corrected chi connectivity index (χ3v) is 3.60. The molecule has 1 unspecified atom stereocenters. The Bertz CT molecular complexity index is 569. The first-order chi connectivity index (χ1) is 7.40. The van der Waals surface area contributed by atoms with Crippen molar-refractivity contribution in [2.75, 3.05) is 0 Å². The monoisotopic (exact) mass is 195 g/mol. The van der Waals surface area contributed by atoms with E-state index in [1.165, 1.54) is 11.4 Å². The van der Waals surface area contributed by atoms with Crippen LogP contribution in [0, 0.1) is 0 Å². The van der Waals surface area contributed by atoms with Gasteiger partial charge in [0.05, 0.1) is 6.42 Å². The van der Waals surface area contributed by atoms with E-state index in [0.717, 1.165) is 6.42 Å². The molecule has 4 rings (SSSR count). The number of hydrogen-bond acceptors (Lipinski definition) is 0. The molecule has 0 amide bonds. The standard InChI is InChI=1S/C13H11N2/c1-3-11-13(5-9-14(11)7-1)6-10-15-8-2-4-12(13)15/h1-5,7-10H,6H2/q+1. The van der Waals surface area contributed by atoms with E-state index in [-0.39, 0.29) is 5.41 Å². The SMILES string of the molecule is C1=C[N+]2=CCC3(C=Cn4cccc43)C2=C1. The lowest BCUT2D eigenvalue weighted by molar-refractivity contribution is -0.390. The first-order valence-electron chi connectivity index (χ1n) is 5.27. The Balaban J connectivity index is 1.98. The highest BCUT2D eigenvalue weighted by Crippen LogP contribution is 2.45. The first kappa shape index (κ1) is 7.46. The van der Waals surface area contributed by atoms with Crippen LogP contribution >= 0.6 is 0 Å². The van der Waals surface area contributed by atoms with Gasteiger partial charge in [0.2, 0.25) is 5.70 Å². The summed E-state index contributed by atoms with van der Waals surface area (Å²) in [5, 5.41) is 0. The summed E-state index contributed by atoms with van der Waals surface area (Å²) in [6, 6.07) is 4.34. The second-order valence-corrected chi connectivity index (χ2v) is 4.28. The summed E-state index contributed by atoms with van der Waals surface area (Å²) in [6.07, 6.45) is 16.4. The van der Waals surface area contributed by atoms with Crippen LogP contribution in [0.4, 0.5) is 0 Å². The predicted molar refractivity (Wildman–Crippen MR) is 59.6 cm³/mol. The molecule has 2 nitrogen and oxygen atoms in total. The van der Waals surface area contributed by atoms with Crippen molar-refractivity contribution in [1.29, 1.82) is 0 Å². The van der Waals surface area contributed by atoms with Crippen molar-refractivity contribution in [3.8, 4) is 0 Å². The molecule has 1 aromatic rings. The summed E-state index contributed by atoms with van der Waals surface area (Å²) in [7, 11) is 0. The lowest BCUT2D eigenvalue weighted by atomic mass is 9.81. The largest absolute Gasteiger partial charge is 0.326 e. The molecule has 2 heteroatoms. The lowest BCUT2D eigenvalue weighted by Crippen LogP contribution is -2.22. The molecular weight excluding hydrogens is 184 g/mol. The zero-order chi connectivity index (χ0) is 9.88. The average molecular weight is 195 g/mol. The van der Waals surface area contributed by atoms with Gasteiger partial charge in [-0.1, -0.05) is 0 Å². The molecule has 1 aromatic heterocycles. The Labute approximate surface area is 88.2 Å². The molecule has 1 atom stereocenters. The maximum absolute atomic E-state index is 2.32. The molecule has 72 valence electrons. The number of nitrogens with zero attached hydrogens (tertiary/aromatic N) is 2. The smallest absolute Gasteiger partial charge is 0.203 e. The zero-order valence-electron chi connectivity index (χ0n) is 8.30. The van der Waals surface area contributed by atoms with Crippen LogP contribution < -0.4 is 0 Å². The summed E-state index contributed by atoms with van der Waals surface area (Å²) < 4.78 is 4.46. The van der Waals surface area contributed by atoms with Crippen LogP contribution in [0.25, 0.3) is 6.20 Å². The third-order valence-electron chi connectivity index (χ3n) is 3.60. The molecule has 15 heavy (non-hydrogen) atoms. The fourth-order valence-electron chi connectivity index (χ4n) is 2.86. The van der Waals surface area contributed by atoms with Gasteiger partial charge in [-0.2, -0.15) is 4.58 Å². The highest BCUT2D eigenvalue weighted by atomic mass is 15.1. The summed E-state index contributed by atoms with van der Waals surface area (Å²) in [4.78, 5) is 0. The number of aromatic nitrogens is 1. The average Bonchev–Trinajstić information content (AvgIpc) is 2.95. The summed E-state index contributed by atoms with van der Waals surface area (Å²) in [5.74, 6) is 0. The van der Waals surface area contributed by atoms with E-state index >= 15 is 0 Å². The van der Waals surface area contributed by atoms with E-state index in [0.29, 0.717) is 0 Å². The molecule has 3 aliphatic heterocycles. The molecule has 0 aliphatic carbocycles. The van der Waals surface area contributed by atoms with E-state index in [1.54, 1.807) is 0 Å². The molecule has 0 saturated carbocycles. The number of allylic oxidation sites excluding steroid dienone is 3. The quantitative estimate of drug-likeness (QED) is 0.560. The van der Waals surface area contributed by atoms with E-state index < -0.39 is 0 Å². The van der Waals surface area contributed by atoms with Gasteiger partial charge in [0, 0.05) is 30.2 Å². The van der Waals surface area contributed by atoms with Crippen molar-refractivity contribution < 1.29 is 4.58 Å². The van der Waals surface area contributed by atoms with Gasteiger partial charge in [-0.3, -0.25) is 0 Å². The number of rotatable bonds is 0. The van der Waals surface area contributed by atoms with E-state index in [9.17, 15) is 0 Å². The van der Waals surface area contributed by atoms with Gasteiger partial charge in [0.1, 0.15) is 5.41 Å². The van der Waals surface area contributed by atoms with Gasteiger partial charge in [0.25, 0.3) is 0 Å². The van der Waals surface area contributed by atoms with Crippen molar-refractivity contribution in [3.05, 3.63) is 54.1 Å². The Morgan fingerprint density at radius 1 is 1.40 bits per heavy atom. The van der Waals surface area contributed by atoms with E-state index in [1.807, 2.05) is 0 Å². The van der Waals surface area contributed by atoms with E-state index in [2.05, 4.69) is 64.3 Å². The van der Waals surface area contributed by atoms with Crippen molar-refractivity contribution >= 4 is 12.4 Å². The van der Waals surface area contributed by atoms with Crippen LogP contribution in [-0.2, 0) is 5.41 Å². The summed E-state index contributed by atoms with van der Waals surface area (Å²) in [6.45, 7) is 0. The molecule has 3 aliphatic rings. The number of fused-ring (bicyclic) bond motifs is 4. The van der Waals surface area contributed by atoms with Gasteiger partial charge in [-0.25, -0.2) is 0 Å². The Morgan fingerprint density at radius 3 is 3.40 bits per heavy atom. The minimum absolute atomic E-state index is 0.104. The maximum Gasteiger partial charge on any atom is 0.203 e. The molecule has 0 N–H and O–H groups in total. The molecule has 0 saturated heterocycles. The topological polar surface area (TPSA) is 7.94 Å². The predicted octanol–water partition coefficient (Wildman–Crippen LogP) is 2.11. The minimum Gasteiger partial charge on any atom is -0.326 e. The molecule has 0 aromatic carbocycles. The van der Waals surface area contributed by atoms with Gasteiger partial charge in [-0.05, 0) is 18.2 Å². The molecule has 0 radical (unpaired) electrons. The van der Waals surface area contributed by atoms with Gasteiger partial charge in [-0.15, -0.1) is 0 Å². The van der Waals surface area contributed by atoms with Gasteiger partial charge in [0.15, 0.2) is 12.4 Å². The second-order valence-electron chi connectivity index (χ2n) is 4.28. The summed E-state index contributed by atoms with van der Waals surface area (Å²) in [5.41, 5.74) is 2.87. The highest BCUT2D eigenvalue weighted by molar-refractivity contribution is 5.68. The van der Waals surface area contributed by atoms with Crippen LogP contribution in [-0.4, -0.2) is 15.4 Å². The normalized spacial score (nSPS) is 29.6. The molecular formula is C13H11N2+. The van der Waals surface area contributed by atoms with Crippen molar-refractivity contribution in [1.82, 2.24) is 4.57 Å². The third kappa shape index (κ3) is 0.708. The molecule has 4 heterocycles. The van der Waals surface area contributed by atoms with Crippen LogP contribution in [0.1, 0.15) is 12.1 Å². The number of hydrogen-bond donors (Lipinski definition) is 0. The van der Waals surface area contributed by atoms with Crippen LogP contribution in [0.2, 0.25) is 0 Å². The fraction of sp³-hybridized carbons (Fsp3) is 0.154. The Morgan fingerprint density at radius 2 is 2.40 bits per heavy atom. The Hall–Kier alpha value is -1.83. The lowest BCUT2D eigenvalue weighted by Gasteiger charge is -2.17. The maximum atomic E-state index is 2.32. The van der Waals surface area contributed by atoms with E-state index in [4.69, 9.17) is 0 Å². The molecule has 0 bridgehead atoms. The molecule has 0 fully saturated rings. The highest BCUT2D eigenvalue weighted by Gasteiger charge is 2.49. The van der Waals surface area contributed by atoms with Crippen molar-refractivity contribution in [2.45, 2.75) is 11.8 Å². The van der Waals surface area contributed by atoms with Crippen LogP contribution in [0.5, 0.6) is 0 Å². The van der Waals surface area contributed by atoms with Gasteiger partial charge < -0.3 is 4.57 Å². The summed E-state index contributed by atoms with van der Waals surface area (Å²) >= 11 is 0. The Kier molecular flexibility index (Phi) is 1.10. The van der Waals surface area contributed by atoms with Gasteiger partial charge >= 0.3 is 0 Å². The van der Waals surface area contributed by atoms with Crippen LogP contribution in [0.3, 0.4) is 0 Å². The first-order valence-corrected chi connectivity index (χ1v) is 5.27. The minimum atomic E-state index is 0.104. The molecule has 1 spiro atoms. The van der Waals surface area contributed by atoms with Crippen molar-refractivity contribution in [3.63, 3.8) is 0 Å². The second kappa shape index (κ2) is 2.22.